The van der Waals surface area contributed by atoms with Gasteiger partial charge in [0.25, 0.3) is 5.91 Å². The maximum atomic E-state index is 12.2. The van der Waals surface area contributed by atoms with Gasteiger partial charge in [0, 0.05) is 0 Å². The van der Waals surface area contributed by atoms with Crippen molar-refractivity contribution in [3.63, 3.8) is 0 Å². The van der Waals surface area contributed by atoms with Crippen molar-refractivity contribution >= 4 is 17.8 Å². The normalized spacial score (nSPS) is 18.4. The molecule has 1 aromatic heterocycles. The van der Waals surface area contributed by atoms with Crippen LogP contribution in [0.3, 0.4) is 0 Å². The number of nitrogens with one attached hydrogen (secondary N) is 1. The smallest absolute Gasteiger partial charge is 0.267 e. The van der Waals surface area contributed by atoms with Crippen LogP contribution in [0.15, 0.2) is 30.3 Å². The Balaban J connectivity index is 2.09. The van der Waals surface area contributed by atoms with Crippen molar-refractivity contribution in [3.05, 3.63) is 41.7 Å². The van der Waals surface area contributed by atoms with Gasteiger partial charge in [-0.25, -0.2) is 0 Å². The third-order valence-electron chi connectivity index (χ3n) is 2.80. The van der Waals surface area contributed by atoms with E-state index >= 15 is 0 Å². The molecular formula is C12H10N4O2. The predicted octanol–water partition coefficient (Wildman–Crippen LogP) is 0.963. The van der Waals surface area contributed by atoms with Gasteiger partial charge >= 0.3 is 0 Å². The van der Waals surface area contributed by atoms with Gasteiger partial charge in [0.05, 0.1) is 0 Å². The molecule has 0 radical (unpaired) electrons. The number of rotatable bonds is 1. The molecule has 6 heteroatoms. The van der Waals surface area contributed by atoms with Gasteiger partial charge < -0.3 is 0 Å². The Hall–Kier alpha value is -2.50. The first-order valence-corrected chi connectivity index (χ1v) is 5.50. The van der Waals surface area contributed by atoms with Gasteiger partial charge in [0.2, 0.25) is 11.9 Å². The molecule has 1 unspecified atom stereocenters. The van der Waals surface area contributed by atoms with Gasteiger partial charge in [0.1, 0.15) is 11.7 Å². The van der Waals surface area contributed by atoms with Crippen molar-refractivity contribution in [3.8, 4) is 0 Å². The Morgan fingerprint density at radius 2 is 1.94 bits per heavy atom. The Labute approximate surface area is 103 Å². The summed E-state index contributed by atoms with van der Waals surface area (Å²) in [6.45, 7) is 1.67. The summed E-state index contributed by atoms with van der Waals surface area (Å²) in [5.41, 5.74) is 0.652. The molecule has 1 aromatic carbocycles. The Morgan fingerprint density at radius 3 is 2.67 bits per heavy atom. The topological polar surface area (TPSA) is 76.9 Å². The van der Waals surface area contributed by atoms with E-state index in [1.165, 1.54) is 0 Å². The van der Waals surface area contributed by atoms with Gasteiger partial charge in [-0.05, 0) is 12.5 Å². The van der Waals surface area contributed by atoms with Crippen LogP contribution in [0.25, 0.3) is 0 Å². The zero-order valence-electron chi connectivity index (χ0n) is 9.62. The lowest BCUT2D eigenvalue weighted by Crippen LogP contribution is -2.38. The first kappa shape index (κ1) is 10.6. The zero-order chi connectivity index (χ0) is 12.7. The maximum absolute atomic E-state index is 12.2. The molecule has 0 bridgehead atoms. The number of amides is 1. The van der Waals surface area contributed by atoms with Crippen LogP contribution in [0.2, 0.25) is 0 Å². The molecule has 0 aliphatic carbocycles. The third-order valence-corrected chi connectivity index (χ3v) is 2.80. The Morgan fingerprint density at radius 1 is 1.22 bits per heavy atom. The quantitative estimate of drug-likeness (QED) is 0.756. The fourth-order valence-corrected chi connectivity index (χ4v) is 2.01. The molecule has 6 nitrogen and oxygen atoms in total. The van der Waals surface area contributed by atoms with Crippen molar-refractivity contribution in [2.24, 2.45) is 0 Å². The second-order valence-electron chi connectivity index (χ2n) is 4.07. The molecule has 1 amide bonds. The number of aryl methyl sites for hydroxylation is 1. The minimum Gasteiger partial charge on any atom is -0.293 e. The number of fused-ring (bicyclic) bond motifs is 1. The van der Waals surface area contributed by atoms with Gasteiger partial charge in [-0.3, -0.25) is 14.9 Å². The van der Waals surface area contributed by atoms with Gasteiger partial charge in [-0.1, -0.05) is 30.3 Å². The summed E-state index contributed by atoms with van der Waals surface area (Å²) in [4.78, 5) is 28.2. The van der Waals surface area contributed by atoms with Gasteiger partial charge in [-0.15, -0.1) is 5.10 Å². The summed E-state index contributed by atoms with van der Waals surface area (Å²) in [6, 6.07) is 8.91. The molecule has 2 aromatic rings. The van der Waals surface area contributed by atoms with Crippen LogP contribution in [0.1, 0.15) is 22.1 Å². The van der Waals surface area contributed by atoms with Crippen LogP contribution in [0.5, 0.6) is 0 Å². The lowest BCUT2D eigenvalue weighted by Gasteiger charge is -2.20. The van der Waals surface area contributed by atoms with Crippen molar-refractivity contribution < 1.29 is 9.59 Å². The standard InChI is InChI=1S/C12H10N4O2/c1-7-13-12-14-10(17)9(11(18)16(12)15-7)8-5-3-2-4-6-8/h2-6,9H,1H3,(H,13,14,15,17). The van der Waals surface area contributed by atoms with E-state index in [1.807, 2.05) is 6.07 Å². The van der Waals surface area contributed by atoms with E-state index in [2.05, 4.69) is 15.4 Å². The van der Waals surface area contributed by atoms with Crippen LogP contribution in [-0.2, 0) is 4.79 Å². The molecule has 90 valence electrons. The number of anilines is 1. The zero-order valence-corrected chi connectivity index (χ0v) is 9.62. The molecular weight excluding hydrogens is 232 g/mol. The number of carbonyl (C=O) groups excluding carboxylic acids is 2. The Kier molecular flexibility index (Phi) is 2.22. The average Bonchev–Trinajstić information content (AvgIpc) is 2.71. The minimum absolute atomic E-state index is 0.190. The number of nitrogens with zero attached hydrogens (tertiary/aromatic N) is 3. The number of hydrogen-bond donors (Lipinski definition) is 1. The predicted molar refractivity (Wildman–Crippen MR) is 63.2 cm³/mol. The van der Waals surface area contributed by atoms with Crippen molar-refractivity contribution in [1.29, 1.82) is 0 Å². The number of carbonyl (C=O) groups is 2. The molecule has 0 fully saturated rings. The SMILES string of the molecule is Cc1nc2n(n1)C(=O)C(c1ccccc1)C(=O)N2. The van der Waals surface area contributed by atoms with Crippen LogP contribution in [0, 0.1) is 6.92 Å². The van der Waals surface area contributed by atoms with Crippen LogP contribution in [0.4, 0.5) is 5.95 Å². The fraction of sp³-hybridized carbons (Fsp3) is 0.167. The highest BCUT2D eigenvalue weighted by Crippen LogP contribution is 2.25. The van der Waals surface area contributed by atoms with Crippen LogP contribution >= 0.6 is 0 Å². The summed E-state index contributed by atoms with van der Waals surface area (Å²) in [5, 5.41) is 6.57. The van der Waals surface area contributed by atoms with E-state index in [-0.39, 0.29) is 17.8 Å². The highest BCUT2D eigenvalue weighted by Gasteiger charge is 2.37. The van der Waals surface area contributed by atoms with E-state index in [0.717, 1.165) is 4.68 Å². The van der Waals surface area contributed by atoms with Gasteiger partial charge in [-0.2, -0.15) is 9.67 Å². The fourth-order valence-electron chi connectivity index (χ4n) is 2.01. The van der Waals surface area contributed by atoms with E-state index in [4.69, 9.17) is 0 Å². The molecule has 18 heavy (non-hydrogen) atoms. The molecule has 0 spiro atoms. The summed E-state index contributed by atoms with van der Waals surface area (Å²) in [5.74, 6) is -0.964. The van der Waals surface area contributed by atoms with E-state index < -0.39 is 5.92 Å². The first-order valence-electron chi connectivity index (χ1n) is 5.50. The van der Waals surface area contributed by atoms with Gasteiger partial charge in [0.15, 0.2) is 0 Å². The lowest BCUT2D eigenvalue weighted by molar-refractivity contribution is -0.117. The molecule has 1 N–H and O–H groups in total. The minimum atomic E-state index is -0.861. The van der Waals surface area contributed by atoms with E-state index in [0.29, 0.717) is 11.4 Å². The van der Waals surface area contributed by atoms with E-state index in [1.54, 1.807) is 31.2 Å². The second kappa shape index (κ2) is 3.76. The average molecular weight is 242 g/mol. The monoisotopic (exact) mass is 242 g/mol. The van der Waals surface area contributed by atoms with E-state index in [9.17, 15) is 9.59 Å². The molecule has 2 heterocycles. The van der Waals surface area contributed by atoms with Crippen molar-refractivity contribution in [1.82, 2.24) is 14.8 Å². The number of aromatic nitrogens is 3. The Bertz CT molecular complexity index is 633. The van der Waals surface area contributed by atoms with Crippen molar-refractivity contribution in [2.45, 2.75) is 12.8 Å². The molecule has 1 aliphatic heterocycles. The summed E-state index contributed by atoms with van der Waals surface area (Å²) < 4.78 is 1.15. The summed E-state index contributed by atoms with van der Waals surface area (Å²) in [6.07, 6.45) is 0. The number of benzene rings is 1. The lowest BCUT2D eigenvalue weighted by atomic mass is 9.96. The third kappa shape index (κ3) is 1.50. The van der Waals surface area contributed by atoms with Crippen molar-refractivity contribution in [2.75, 3.05) is 5.32 Å². The first-order chi connectivity index (χ1) is 8.66. The molecule has 1 aliphatic rings. The van der Waals surface area contributed by atoms with Crippen LogP contribution < -0.4 is 5.32 Å². The second-order valence-corrected chi connectivity index (χ2v) is 4.07. The molecule has 0 saturated heterocycles. The molecule has 1 atom stereocenters. The largest absolute Gasteiger partial charge is 0.293 e. The molecule has 0 saturated carbocycles. The molecule has 3 rings (SSSR count). The summed E-state index contributed by atoms with van der Waals surface area (Å²) >= 11 is 0. The highest BCUT2D eigenvalue weighted by atomic mass is 16.2. The van der Waals surface area contributed by atoms with Crippen LogP contribution in [-0.4, -0.2) is 26.6 Å². The number of hydrogen-bond acceptors (Lipinski definition) is 4. The summed E-state index contributed by atoms with van der Waals surface area (Å²) in [7, 11) is 0. The maximum Gasteiger partial charge on any atom is 0.267 e. The highest BCUT2D eigenvalue weighted by molar-refractivity contribution is 6.14.